The molecule has 0 fully saturated rings. The van der Waals surface area contributed by atoms with Crippen molar-refractivity contribution in [3.63, 3.8) is 0 Å². The fourth-order valence-corrected chi connectivity index (χ4v) is 2.25. The highest BCUT2D eigenvalue weighted by Crippen LogP contribution is 2.23. The zero-order valence-electron chi connectivity index (χ0n) is 7.07. The number of rotatable bonds is 0. The van der Waals surface area contributed by atoms with E-state index in [1.165, 1.54) is 11.5 Å². The molecule has 0 bridgehead atoms. The molecule has 0 radical (unpaired) electrons. The molecule has 2 nitrogen and oxygen atoms in total. The van der Waals surface area contributed by atoms with Crippen LogP contribution >= 0.6 is 23.1 Å². The summed E-state index contributed by atoms with van der Waals surface area (Å²) in [6.07, 6.45) is 1.83. The highest BCUT2D eigenvalue weighted by molar-refractivity contribution is 7.12. The van der Waals surface area contributed by atoms with Gasteiger partial charge in [0.05, 0.1) is 11.7 Å². The summed E-state index contributed by atoms with van der Waals surface area (Å²) < 4.78 is 4.09. The molecule has 14 heavy (non-hydrogen) atoms. The normalized spacial score (nSPS) is 11.2. The van der Waals surface area contributed by atoms with Crippen LogP contribution in [0.4, 0.5) is 0 Å². The fourth-order valence-electron chi connectivity index (χ4n) is 1.44. The average Bonchev–Trinajstić information content (AvgIpc) is 2.61. The molecule has 3 aromatic rings. The quantitative estimate of drug-likeness (QED) is 0.580. The lowest BCUT2D eigenvalue weighted by Gasteiger charge is -1.97. The number of nitrogens with zero attached hydrogens (tertiary/aromatic N) is 2. The molecule has 68 valence electrons. The maximum absolute atomic E-state index is 5.90. The molecule has 3 rings (SSSR count). The molecule has 2 aromatic heterocycles. The van der Waals surface area contributed by atoms with Crippen molar-refractivity contribution in [2.45, 2.75) is 0 Å². The maximum atomic E-state index is 5.90. The van der Waals surface area contributed by atoms with E-state index in [4.69, 9.17) is 11.6 Å². The van der Waals surface area contributed by atoms with E-state index < -0.39 is 0 Å². The molecule has 4 heteroatoms. The lowest BCUT2D eigenvalue weighted by Crippen LogP contribution is -1.77. The van der Waals surface area contributed by atoms with Gasteiger partial charge in [-0.3, -0.25) is 0 Å². The Hall–Kier alpha value is -1.19. The first-order valence-electron chi connectivity index (χ1n) is 4.14. The molecular formula is C10H5ClN2S. The van der Waals surface area contributed by atoms with E-state index in [9.17, 15) is 0 Å². The predicted octanol–water partition coefficient (Wildman–Crippen LogP) is 3.50. The topological polar surface area (TPSA) is 25.8 Å². The second-order valence-electron chi connectivity index (χ2n) is 3.05. The van der Waals surface area contributed by atoms with Crippen molar-refractivity contribution in [3.05, 3.63) is 35.5 Å². The Kier molecular flexibility index (Phi) is 1.69. The summed E-state index contributed by atoms with van der Waals surface area (Å²) in [6, 6.07) is 7.76. The van der Waals surface area contributed by atoms with Crippen molar-refractivity contribution in [1.29, 1.82) is 0 Å². The summed E-state index contributed by atoms with van der Waals surface area (Å²) in [4.78, 5) is 5.45. The van der Waals surface area contributed by atoms with Crippen molar-refractivity contribution >= 4 is 44.3 Å². The summed E-state index contributed by atoms with van der Waals surface area (Å²) >= 11 is 7.32. The Morgan fingerprint density at radius 1 is 1.14 bits per heavy atom. The number of pyridine rings is 1. The number of benzene rings is 1. The summed E-state index contributed by atoms with van der Waals surface area (Å²) in [5.41, 5.74) is 0.964. The summed E-state index contributed by atoms with van der Waals surface area (Å²) in [6.45, 7) is 0. The molecule has 0 N–H and O–H groups in total. The number of aromatic nitrogens is 2. The highest BCUT2D eigenvalue weighted by atomic mass is 35.5. The predicted molar refractivity (Wildman–Crippen MR) is 59.9 cm³/mol. The van der Waals surface area contributed by atoms with E-state index >= 15 is 0 Å². The summed E-state index contributed by atoms with van der Waals surface area (Å²) in [5.74, 6) is 0. The van der Waals surface area contributed by atoms with Gasteiger partial charge in [0.2, 0.25) is 0 Å². The van der Waals surface area contributed by atoms with E-state index in [1.54, 1.807) is 0 Å². The monoisotopic (exact) mass is 220 g/mol. The van der Waals surface area contributed by atoms with Crippen LogP contribution in [0.5, 0.6) is 0 Å². The van der Waals surface area contributed by atoms with E-state index in [2.05, 4.69) is 15.4 Å². The van der Waals surface area contributed by atoms with Crippen molar-refractivity contribution in [3.8, 4) is 0 Å². The molecule has 0 atom stereocenters. The van der Waals surface area contributed by atoms with Crippen molar-refractivity contribution in [2.75, 3.05) is 0 Å². The van der Waals surface area contributed by atoms with E-state index in [0.717, 1.165) is 26.1 Å². The van der Waals surface area contributed by atoms with Gasteiger partial charge in [-0.1, -0.05) is 11.6 Å². The van der Waals surface area contributed by atoms with Gasteiger partial charge in [0.1, 0.15) is 4.83 Å². The van der Waals surface area contributed by atoms with E-state index in [0.29, 0.717) is 0 Å². The van der Waals surface area contributed by atoms with Crippen LogP contribution in [0, 0.1) is 0 Å². The third-order valence-corrected chi connectivity index (χ3v) is 3.05. The minimum Gasteiger partial charge on any atom is -0.235 e. The van der Waals surface area contributed by atoms with Gasteiger partial charge in [-0.15, -0.1) is 0 Å². The number of halogens is 1. The molecule has 0 aliphatic carbocycles. The lowest BCUT2D eigenvalue weighted by atomic mass is 10.2. The van der Waals surface area contributed by atoms with Gasteiger partial charge in [-0.25, -0.2) is 4.98 Å². The van der Waals surface area contributed by atoms with Gasteiger partial charge >= 0.3 is 0 Å². The van der Waals surface area contributed by atoms with Gasteiger partial charge in [0.25, 0.3) is 0 Å². The second-order valence-corrected chi connectivity index (χ2v) is 4.26. The van der Waals surface area contributed by atoms with Crippen LogP contribution in [-0.2, 0) is 0 Å². The number of fused-ring (bicyclic) bond motifs is 2. The molecule has 0 aliphatic heterocycles. The van der Waals surface area contributed by atoms with Gasteiger partial charge in [-0.05, 0) is 35.8 Å². The molecule has 0 saturated heterocycles. The third kappa shape index (κ3) is 1.17. The molecule has 0 spiro atoms. The van der Waals surface area contributed by atoms with Crippen LogP contribution in [-0.4, -0.2) is 9.36 Å². The molecular weight excluding hydrogens is 216 g/mol. The first-order valence-corrected chi connectivity index (χ1v) is 5.29. The van der Waals surface area contributed by atoms with Crippen molar-refractivity contribution < 1.29 is 0 Å². The largest absolute Gasteiger partial charge is 0.235 e. The first-order chi connectivity index (χ1) is 6.83. The van der Waals surface area contributed by atoms with E-state index in [-0.39, 0.29) is 0 Å². The standard InChI is InChI=1S/C10H5ClN2S/c11-8-1-2-9-6(4-8)3-7-5-12-14-10(7)13-9/h1-5H. The molecule has 0 unspecified atom stereocenters. The number of hydrogen-bond acceptors (Lipinski definition) is 3. The van der Waals surface area contributed by atoms with Gasteiger partial charge < -0.3 is 0 Å². The van der Waals surface area contributed by atoms with E-state index in [1.807, 2.05) is 24.4 Å². The average molecular weight is 221 g/mol. The van der Waals surface area contributed by atoms with Gasteiger partial charge in [0.15, 0.2) is 0 Å². The van der Waals surface area contributed by atoms with Crippen LogP contribution < -0.4 is 0 Å². The third-order valence-electron chi connectivity index (χ3n) is 2.10. The molecule has 2 heterocycles. The Balaban J connectivity index is 2.50. The molecule has 1 aromatic carbocycles. The smallest absolute Gasteiger partial charge is 0.144 e. The Labute approximate surface area is 89.3 Å². The lowest BCUT2D eigenvalue weighted by molar-refractivity contribution is 1.54. The van der Waals surface area contributed by atoms with Crippen molar-refractivity contribution in [1.82, 2.24) is 9.36 Å². The molecule has 0 aliphatic rings. The van der Waals surface area contributed by atoms with Crippen LogP contribution in [0.2, 0.25) is 5.02 Å². The molecule has 0 saturated carbocycles. The zero-order valence-corrected chi connectivity index (χ0v) is 8.64. The number of hydrogen-bond donors (Lipinski definition) is 0. The molecule has 0 amide bonds. The van der Waals surface area contributed by atoms with Crippen LogP contribution in [0.1, 0.15) is 0 Å². The fraction of sp³-hybridized carbons (Fsp3) is 0. The SMILES string of the molecule is Clc1ccc2nc3sncc3cc2c1. The first kappa shape index (κ1) is 8.15. The van der Waals surface area contributed by atoms with Gasteiger partial charge in [-0.2, -0.15) is 4.37 Å². The van der Waals surface area contributed by atoms with Crippen molar-refractivity contribution in [2.24, 2.45) is 0 Å². The highest BCUT2D eigenvalue weighted by Gasteiger charge is 2.01. The van der Waals surface area contributed by atoms with Crippen LogP contribution in [0.15, 0.2) is 30.5 Å². The summed E-state index contributed by atoms with van der Waals surface area (Å²) in [5, 5.41) is 2.87. The summed E-state index contributed by atoms with van der Waals surface area (Å²) in [7, 11) is 0. The van der Waals surface area contributed by atoms with Gasteiger partial charge in [0, 0.05) is 15.8 Å². The Morgan fingerprint density at radius 2 is 2.07 bits per heavy atom. The Bertz CT molecular complexity index is 618. The van der Waals surface area contributed by atoms with Crippen LogP contribution in [0.3, 0.4) is 0 Å². The minimum atomic E-state index is 0.738. The zero-order chi connectivity index (χ0) is 9.54. The van der Waals surface area contributed by atoms with Crippen LogP contribution in [0.25, 0.3) is 21.1 Å². The minimum absolute atomic E-state index is 0.738. The Morgan fingerprint density at radius 3 is 3.00 bits per heavy atom. The maximum Gasteiger partial charge on any atom is 0.144 e. The second kappa shape index (κ2) is 2.90.